The lowest BCUT2D eigenvalue weighted by molar-refractivity contribution is -0.138. The van der Waals surface area contributed by atoms with Crippen LogP contribution in [0.15, 0.2) is 48.5 Å². The smallest absolute Gasteiger partial charge is 0.407 e. The Morgan fingerprint density at radius 2 is 1.67 bits per heavy atom. The molecule has 1 fully saturated rings. The maximum atomic E-state index is 13.0. The van der Waals surface area contributed by atoms with E-state index >= 15 is 0 Å². The summed E-state index contributed by atoms with van der Waals surface area (Å²) in [5.74, 6) is -1.04. The first-order valence-electron chi connectivity index (χ1n) is 11.5. The highest BCUT2D eigenvalue weighted by atomic mass is 16.5. The van der Waals surface area contributed by atoms with Crippen LogP contribution >= 0.6 is 0 Å². The summed E-state index contributed by atoms with van der Waals surface area (Å²) in [5, 5.41) is 11.6. The molecular weight excluding hydrogens is 420 g/mol. The van der Waals surface area contributed by atoms with Crippen LogP contribution in [0, 0.1) is 5.92 Å². The number of nitrogens with zero attached hydrogens (tertiary/aromatic N) is 1. The lowest BCUT2D eigenvalue weighted by Gasteiger charge is -2.35. The van der Waals surface area contributed by atoms with Gasteiger partial charge in [-0.2, -0.15) is 0 Å². The molecule has 0 radical (unpaired) electrons. The minimum Gasteiger partial charge on any atom is -0.481 e. The number of hydrogen-bond donors (Lipinski definition) is 2. The van der Waals surface area contributed by atoms with Crippen molar-refractivity contribution in [3.05, 3.63) is 59.7 Å². The number of alkyl carbamates (subject to hydrolysis) is 1. The molecule has 2 aliphatic carbocycles. The molecular formula is C26H30N2O5. The van der Waals surface area contributed by atoms with Crippen molar-refractivity contribution < 1.29 is 24.2 Å². The van der Waals surface area contributed by atoms with E-state index < -0.39 is 18.1 Å². The summed E-state index contributed by atoms with van der Waals surface area (Å²) in [6.45, 7) is 0.528. The zero-order valence-corrected chi connectivity index (χ0v) is 18.8. The molecule has 2 amide bonds. The SMILES string of the molecule is CN(CCCC(=O)O)C(=O)C(NC(=O)OCC1c2ccccc2-c2ccccc21)C1CCC1. The van der Waals surface area contributed by atoms with Gasteiger partial charge in [-0.05, 0) is 47.4 Å². The van der Waals surface area contributed by atoms with Crippen molar-refractivity contribution in [3.8, 4) is 11.1 Å². The quantitative estimate of drug-likeness (QED) is 0.602. The minimum atomic E-state index is -0.886. The molecule has 1 saturated carbocycles. The lowest BCUT2D eigenvalue weighted by atomic mass is 9.79. The van der Waals surface area contributed by atoms with Gasteiger partial charge in [-0.25, -0.2) is 4.79 Å². The van der Waals surface area contributed by atoms with Gasteiger partial charge >= 0.3 is 12.1 Å². The molecule has 7 heteroatoms. The summed E-state index contributed by atoms with van der Waals surface area (Å²) in [5.41, 5.74) is 4.59. The third-order valence-electron chi connectivity index (χ3n) is 6.76. The largest absolute Gasteiger partial charge is 0.481 e. The molecule has 0 saturated heterocycles. The maximum absolute atomic E-state index is 13.0. The minimum absolute atomic E-state index is 0.00548. The second kappa shape index (κ2) is 10.1. The van der Waals surface area contributed by atoms with Crippen molar-refractivity contribution in [2.45, 2.75) is 44.1 Å². The van der Waals surface area contributed by atoms with Gasteiger partial charge in [0.1, 0.15) is 12.6 Å². The molecule has 174 valence electrons. The molecule has 2 aromatic rings. The van der Waals surface area contributed by atoms with E-state index in [9.17, 15) is 14.4 Å². The van der Waals surface area contributed by atoms with Crippen molar-refractivity contribution in [1.29, 1.82) is 0 Å². The Bertz CT molecular complexity index is 987. The van der Waals surface area contributed by atoms with E-state index in [1.807, 2.05) is 24.3 Å². The number of carboxylic acid groups (broad SMARTS) is 1. The van der Waals surface area contributed by atoms with Crippen molar-refractivity contribution in [2.24, 2.45) is 5.92 Å². The van der Waals surface area contributed by atoms with Gasteiger partial charge in [-0.3, -0.25) is 9.59 Å². The number of likely N-dealkylation sites (N-methyl/N-ethyl adjacent to an activating group) is 1. The Morgan fingerprint density at radius 1 is 1.06 bits per heavy atom. The number of benzene rings is 2. The Kier molecular flexibility index (Phi) is 6.96. The Balaban J connectivity index is 1.38. The zero-order chi connectivity index (χ0) is 23.4. The van der Waals surface area contributed by atoms with E-state index in [4.69, 9.17) is 9.84 Å². The van der Waals surface area contributed by atoms with Gasteiger partial charge in [0, 0.05) is 25.9 Å². The van der Waals surface area contributed by atoms with E-state index in [0.717, 1.165) is 41.5 Å². The van der Waals surface area contributed by atoms with Crippen molar-refractivity contribution in [1.82, 2.24) is 10.2 Å². The fourth-order valence-corrected chi connectivity index (χ4v) is 4.74. The van der Waals surface area contributed by atoms with Crippen LogP contribution < -0.4 is 5.32 Å². The van der Waals surface area contributed by atoms with Crippen LogP contribution in [0.2, 0.25) is 0 Å². The fraction of sp³-hybridized carbons (Fsp3) is 0.423. The first kappa shape index (κ1) is 22.8. The van der Waals surface area contributed by atoms with E-state index in [-0.39, 0.29) is 30.8 Å². The number of amides is 2. The molecule has 4 rings (SSSR count). The first-order valence-corrected chi connectivity index (χ1v) is 11.5. The first-order chi connectivity index (χ1) is 16.0. The van der Waals surface area contributed by atoms with Crippen LogP contribution in [0.4, 0.5) is 4.79 Å². The number of ether oxygens (including phenoxy) is 1. The summed E-state index contributed by atoms with van der Waals surface area (Å²) in [7, 11) is 1.65. The topological polar surface area (TPSA) is 95.9 Å². The molecule has 0 spiro atoms. The van der Waals surface area contributed by atoms with Gasteiger partial charge in [0.25, 0.3) is 0 Å². The van der Waals surface area contributed by atoms with Crippen LogP contribution in [0.5, 0.6) is 0 Å². The Morgan fingerprint density at radius 3 is 2.21 bits per heavy atom. The molecule has 33 heavy (non-hydrogen) atoms. The van der Waals surface area contributed by atoms with Gasteiger partial charge in [-0.15, -0.1) is 0 Å². The van der Waals surface area contributed by atoms with Crippen molar-refractivity contribution in [2.75, 3.05) is 20.2 Å². The van der Waals surface area contributed by atoms with Crippen LogP contribution in [0.1, 0.15) is 49.1 Å². The normalized spacial score (nSPS) is 15.7. The summed E-state index contributed by atoms with van der Waals surface area (Å²) in [6.07, 6.45) is 2.57. The number of rotatable bonds is 9. The average molecular weight is 451 g/mol. The van der Waals surface area contributed by atoms with E-state index in [0.29, 0.717) is 13.0 Å². The van der Waals surface area contributed by atoms with Gasteiger partial charge in [-0.1, -0.05) is 55.0 Å². The lowest BCUT2D eigenvalue weighted by Crippen LogP contribution is -2.53. The summed E-state index contributed by atoms with van der Waals surface area (Å²) >= 11 is 0. The molecule has 1 unspecified atom stereocenters. The standard InChI is InChI=1S/C26H30N2O5/c1-28(15-7-14-23(29)30)25(31)24(17-8-6-9-17)27-26(32)33-16-22-20-12-4-2-10-18(20)19-11-3-5-13-21(19)22/h2-5,10-13,17,22,24H,6-9,14-16H2,1H3,(H,27,32)(H,29,30). The molecule has 2 aliphatic rings. The van der Waals surface area contributed by atoms with Crippen LogP contribution in [0.25, 0.3) is 11.1 Å². The number of fused-ring (bicyclic) bond motifs is 3. The average Bonchev–Trinajstić information content (AvgIpc) is 3.09. The molecule has 0 heterocycles. The zero-order valence-electron chi connectivity index (χ0n) is 18.8. The third-order valence-corrected chi connectivity index (χ3v) is 6.76. The van der Waals surface area contributed by atoms with E-state index in [1.54, 1.807) is 7.05 Å². The second-order valence-electron chi connectivity index (χ2n) is 8.90. The molecule has 0 aromatic heterocycles. The highest BCUT2D eigenvalue weighted by molar-refractivity contribution is 5.86. The number of aliphatic carboxylic acids is 1. The highest BCUT2D eigenvalue weighted by Crippen LogP contribution is 2.44. The van der Waals surface area contributed by atoms with E-state index in [1.165, 1.54) is 4.90 Å². The number of carbonyl (C=O) groups is 3. The van der Waals surface area contributed by atoms with Gasteiger partial charge in [0.2, 0.25) is 5.91 Å². The predicted molar refractivity (Wildman–Crippen MR) is 124 cm³/mol. The van der Waals surface area contributed by atoms with Crippen molar-refractivity contribution in [3.63, 3.8) is 0 Å². The summed E-state index contributed by atoms with van der Waals surface area (Å²) in [6, 6.07) is 15.6. The van der Waals surface area contributed by atoms with Gasteiger partial charge in [0.05, 0.1) is 0 Å². The Hall–Kier alpha value is -3.35. The molecule has 0 bridgehead atoms. The number of nitrogens with one attached hydrogen (secondary N) is 1. The number of carbonyl (C=O) groups excluding carboxylic acids is 2. The maximum Gasteiger partial charge on any atom is 0.407 e. The Labute approximate surface area is 193 Å². The monoisotopic (exact) mass is 450 g/mol. The summed E-state index contributed by atoms with van der Waals surface area (Å²) in [4.78, 5) is 38.0. The molecule has 0 aliphatic heterocycles. The third kappa shape index (κ3) is 5.02. The number of hydrogen-bond acceptors (Lipinski definition) is 4. The molecule has 1 atom stereocenters. The fourth-order valence-electron chi connectivity index (χ4n) is 4.74. The van der Waals surface area contributed by atoms with Gasteiger partial charge in [0.15, 0.2) is 0 Å². The van der Waals surface area contributed by atoms with Crippen LogP contribution in [0.3, 0.4) is 0 Å². The van der Waals surface area contributed by atoms with E-state index in [2.05, 4.69) is 29.6 Å². The number of carboxylic acids is 1. The van der Waals surface area contributed by atoms with Gasteiger partial charge < -0.3 is 20.1 Å². The van der Waals surface area contributed by atoms with Crippen molar-refractivity contribution >= 4 is 18.0 Å². The highest BCUT2D eigenvalue weighted by Gasteiger charge is 2.36. The summed E-state index contributed by atoms with van der Waals surface area (Å²) < 4.78 is 5.63. The predicted octanol–water partition coefficient (Wildman–Crippen LogP) is 4.02. The second-order valence-corrected chi connectivity index (χ2v) is 8.90. The molecule has 7 nitrogen and oxygen atoms in total. The molecule has 2 aromatic carbocycles. The van der Waals surface area contributed by atoms with Crippen LogP contribution in [-0.2, 0) is 14.3 Å². The molecule has 2 N–H and O–H groups in total. The van der Waals surface area contributed by atoms with Crippen LogP contribution in [-0.4, -0.2) is 54.2 Å².